The van der Waals surface area contributed by atoms with Crippen LogP contribution in [0, 0.1) is 12.8 Å². The molecule has 0 bridgehead atoms. The van der Waals surface area contributed by atoms with Crippen LogP contribution in [0.1, 0.15) is 35.0 Å². The van der Waals surface area contributed by atoms with Crippen molar-refractivity contribution in [3.63, 3.8) is 0 Å². The zero-order chi connectivity index (χ0) is 18.0. The van der Waals surface area contributed by atoms with E-state index in [2.05, 4.69) is 5.32 Å². The number of carbonyl (C=O) groups is 2. The Bertz CT molecular complexity index is 796. The van der Waals surface area contributed by atoms with E-state index < -0.39 is 0 Å². The molecule has 25 heavy (non-hydrogen) atoms. The lowest BCUT2D eigenvalue weighted by molar-refractivity contribution is -0.117. The lowest BCUT2D eigenvalue weighted by Crippen LogP contribution is -2.26. The maximum absolute atomic E-state index is 12.9. The number of para-hydroxylation sites is 2. The second-order valence-electron chi connectivity index (χ2n) is 6.15. The van der Waals surface area contributed by atoms with Gasteiger partial charge in [-0.1, -0.05) is 12.1 Å². The molecule has 6 heteroatoms. The van der Waals surface area contributed by atoms with Gasteiger partial charge in [-0.25, -0.2) is 0 Å². The molecule has 0 atom stereocenters. The van der Waals surface area contributed by atoms with Gasteiger partial charge < -0.3 is 15.0 Å². The van der Waals surface area contributed by atoms with Gasteiger partial charge in [-0.3, -0.25) is 9.59 Å². The number of amides is 2. The monoisotopic (exact) mass is 358 g/mol. The Morgan fingerprint density at radius 1 is 1.32 bits per heavy atom. The number of nitrogens with zero attached hydrogens (tertiary/aromatic N) is 1. The van der Waals surface area contributed by atoms with Gasteiger partial charge in [-0.15, -0.1) is 11.3 Å². The highest BCUT2D eigenvalue weighted by Gasteiger charge is 2.30. The fourth-order valence-electron chi connectivity index (χ4n) is 2.60. The average Bonchev–Trinajstić information content (AvgIpc) is 3.39. The summed E-state index contributed by atoms with van der Waals surface area (Å²) in [6, 6.07) is 9.34. The van der Waals surface area contributed by atoms with E-state index in [1.807, 2.05) is 44.2 Å². The fraction of sp³-hybridized carbons (Fsp3) is 0.368. The van der Waals surface area contributed by atoms with Crippen molar-refractivity contribution in [3.8, 4) is 5.75 Å². The summed E-state index contributed by atoms with van der Waals surface area (Å²) < 4.78 is 5.62. The second kappa shape index (κ2) is 7.27. The molecule has 2 aromatic rings. The minimum absolute atomic E-state index is 0.0512. The third kappa shape index (κ3) is 3.85. The first kappa shape index (κ1) is 17.5. The first-order chi connectivity index (χ1) is 12.0. The van der Waals surface area contributed by atoms with Crippen molar-refractivity contribution in [2.45, 2.75) is 26.7 Å². The van der Waals surface area contributed by atoms with Crippen LogP contribution in [0.2, 0.25) is 0 Å². The van der Waals surface area contributed by atoms with E-state index in [4.69, 9.17) is 4.74 Å². The molecule has 3 rings (SSSR count). The molecule has 1 aromatic heterocycles. The van der Waals surface area contributed by atoms with Gasteiger partial charge in [0.1, 0.15) is 5.75 Å². The third-order valence-electron chi connectivity index (χ3n) is 4.14. The van der Waals surface area contributed by atoms with Gasteiger partial charge in [0, 0.05) is 13.0 Å². The predicted octanol–water partition coefficient (Wildman–Crippen LogP) is 4.08. The molecule has 132 valence electrons. The van der Waals surface area contributed by atoms with E-state index in [9.17, 15) is 9.59 Å². The number of aryl methyl sites for hydroxylation is 1. The van der Waals surface area contributed by atoms with Crippen LogP contribution >= 0.6 is 11.3 Å². The zero-order valence-corrected chi connectivity index (χ0v) is 15.5. The second-order valence-corrected chi connectivity index (χ2v) is 7.20. The van der Waals surface area contributed by atoms with Crippen LogP contribution in [0.25, 0.3) is 0 Å². The van der Waals surface area contributed by atoms with Crippen molar-refractivity contribution < 1.29 is 14.3 Å². The van der Waals surface area contributed by atoms with Gasteiger partial charge in [-0.2, -0.15) is 0 Å². The number of thiophene rings is 1. The Labute approximate surface area is 151 Å². The van der Waals surface area contributed by atoms with Gasteiger partial charge in [0.25, 0.3) is 5.91 Å². The van der Waals surface area contributed by atoms with Crippen molar-refractivity contribution in [2.24, 2.45) is 5.92 Å². The zero-order valence-electron chi connectivity index (χ0n) is 14.7. The highest BCUT2D eigenvalue weighted by molar-refractivity contribution is 7.18. The molecule has 0 spiro atoms. The van der Waals surface area contributed by atoms with Crippen LogP contribution in [0.3, 0.4) is 0 Å². The van der Waals surface area contributed by atoms with Gasteiger partial charge >= 0.3 is 0 Å². The molecule has 0 unspecified atom stereocenters. The normalized spacial score (nSPS) is 13.4. The molecule has 1 N–H and O–H groups in total. The first-order valence-electron chi connectivity index (χ1n) is 8.42. The molecule has 0 saturated heterocycles. The van der Waals surface area contributed by atoms with Gasteiger partial charge in [0.05, 0.1) is 22.2 Å². The predicted molar refractivity (Wildman–Crippen MR) is 101 cm³/mol. The summed E-state index contributed by atoms with van der Waals surface area (Å²) in [5, 5.41) is 3.64. The highest BCUT2D eigenvalue weighted by atomic mass is 32.1. The van der Waals surface area contributed by atoms with Crippen LogP contribution in [0.4, 0.5) is 10.7 Å². The summed E-state index contributed by atoms with van der Waals surface area (Å²) in [6.07, 6.45) is 1.91. The van der Waals surface area contributed by atoms with Gasteiger partial charge in [0.2, 0.25) is 5.91 Å². The van der Waals surface area contributed by atoms with E-state index in [1.54, 1.807) is 11.9 Å². The number of rotatable bonds is 6. The summed E-state index contributed by atoms with van der Waals surface area (Å²) in [7, 11) is 1.74. The Morgan fingerprint density at radius 2 is 2.04 bits per heavy atom. The fourth-order valence-corrected chi connectivity index (χ4v) is 3.65. The SMILES string of the molecule is CCOc1ccccc1N(C)C(=O)c1sc(NC(=O)C2CC2)cc1C. The van der Waals surface area contributed by atoms with Crippen molar-refractivity contribution in [1.29, 1.82) is 0 Å². The van der Waals surface area contributed by atoms with Crippen LogP contribution in [0.15, 0.2) is 30.3 Å². The number of hydrogen-bond acceptors (Lipinski definition) is 4. The smallest absolute Gasteiger partial charge is 0.268 e. The first-order valence-corrected chi connectivity index (χ1v) is 9.24. The summed E-state index contributed by atoms with van der Waals surface area (Å²) in [6.45, 7) is 4.34. The molecular weight excluding hydrogens is 336 g/mol. The summed E-state index contributed by atoms with van der Waals surface area (Å²) >= 11 is 1.32. The highest BCUT2D eigenvalue weighted by Crippen LogP contribution is 2.34. The van der Waals surface area contributed by atoms with E-state index in [1.165, 1.54) is 11.3 Å². The van der Waals surface area contributed by atoms with Gasteiger partial charge in [0.15, 0.2) is 0 Å². The Kier molecular flexibility index (Phi) is 5.08. The Balaban J connectivity index is 1.80. The van der Waals surface area contributed by atoms with Crippen molar-refractivity contribution >= 4 is 33.8 Å². The number of ether oxygens (including phenoxy) is 1. The number of benzene rings is 1. The van der Waals surface area contributed by atoms with Crippen LogP contribution in [0.5, 0.6) is 5.75 Å². The van der Waals surface area contributed by atoms with Crippen molar-refractivity contribution in [2.75, 3.05) is 23.9 Å². The maximum atomic E-state index is 12.9. The number of anilines is 2. The quantitative estimate of drug-likeness (QED) is 0.846. The van der Waals surface area contributed by atoms with E-state index in [0.29, 0.717) is 17.2 Å². The minimum atomic E-state index is -0.110. The van der Waals surface area contributed by atoms with E-state index in [-0.39, 0.29) is 17.7 Å². The Hall–Kier alpha value is -2.34. The molecule has 1 heterocycles. The van der Waals surface area contributed by atoms with E-state index >= 15 is 0 Å². The summed E-state index contributed by atoms with van der Waals surface area (Å²) in [5.74, 6) is 0.761. The minimum Gasteiger partial charge on any atom is -0.492 e. The summed E-state index contributed by atoms with van der Waals surface area (Å²) in [4.78, 5) is 27.1. The molecule has 2 amide bonds. The molecule has 1 fully saturated rings. The lowest BCUT2D eigenvalue weighted by Gasteiger charge is -2.20. The van der Waals surface area contributed by atoms with Crippen LogP contribution < -0.4 is 15.0 Å². The molecule has 1 aliphatic rings. The molecule has 1 aromatic carbocycles. The van der Waals surface area contributed by atoms with Gasteiger partial charge in [-0.05, 0) is 50.5 Å². The summed E-state index contributed by atoms with van der Waals surface area (Å²) in [5.41, 5.74) is 1.59. The number of nitrogens with one attached hydrogen (secondary N) is 1. The number of hydrogen-bond donors (Lipinski definition) is 1. The van der Waals surface area contributed by atoms with E-state index in [0.717, 1.165) is 29.1 Å². The van der Waals surface area contributed by atoms with Crippen molar-refractivity contribution in [1.82, 2.24) is 0 Å². The lowest BCUT2D eigenvalue weighted by atomic mass is 10.2. The van der Waals surface area contributed by atoms with Crippen molar-refractivity contribution in [3.05, 3.63) is 40.8 Å². The van der Waals surface area contributed by atoms with Crippen LogP contribution in [-0.2, 0) is 4.79 Å². The third-order valence-corrected chi connectivity index (χ3v) is 5.28. The van der Waals surface area contributed by atoms with Crippen LogP contribution in [-0.4, -0.2) is 25.5 Å². The maximum Gasteiger partial charge on any atom is 0.268 e. The molecule has 1 aliphatic carbocycles. The largest absolute Gasteiger partial charge is 0.492 e. The molecular formula is C19H22N2O3S. The average molecular weight is 358 g/mol. The molecule has 1 saturated carbocycles. The topological polar surface area (TPSA) is 58.6 Å². The molecule has 5 nitrogen and oxygen atoms in total. The Morgan fingerprint density at radius 3 is 2.72 bits per heavy atom. The molecule has 0 aliphatic heterocycles. The molecule has 0 radical (unpaired) electrons. The standard InChI is InChI=1S/C19H22N2O3S/c1-4-24-15-8-6-5-7-14(15)21(3)19(23)17-12(2)11-16(25-17)20-18(22)13-9-10-13/h5-8,11,13H,4,9-10H2,1-3H3,(H,20,22). The number of carbonyl (C=O) groups excluding carboxylic acids is 2.